The molecule has 0 fully saturated rings. The van der Waals surface area contributed by atoms with E-state index in [1.807, 2.05) is 12.1 Å². The number of methoxy groups -OCH3 is 3. The van der Waals surface area contributed by atoms with Crippen molar-refractivity contribution >= 4 is 0 Å². The van der Waals surface area contributed by atoms with Crippen LogP contribution in [0.1, 0.15) is 19.4 Å². The fraction of sp³-hybridized carbons (Fsp3) is 0.571. The Morgan fingerprint density at radius 3 is 1.83 bits per heavy atom. The average molecular weight is 253 g/mol. The lowest BCUT2D eigenvalue weighted by atomic mass is 10.1. The number of nitrogens with zero attached hydrogens (tertiary/aromatic N) is 1. The largest absolute Gasteiger partial charge is 0.493 e. The molecule has 0 bridgehead atoms. The van der Waals surface area contributed by atoms with Crippen molar-refractivity contribution in [2.45, 2.75) is 26.4 Å². The summed E-state index contributed by atoms with van der Waals surface area (Å²) < 4.78 is 16.0. The Bertz CT molecular complexity index is 366. The van der Waals surface area contributed by atoms with Crippen molar-refractivity contribution in [3.63, 3.8) is 0 Å². The van der Waals surface area contributed by atoms with Crippen molar-refractivity contribution in [1.82, 2.24) is 4.90 Å². The molecule has 4 nitrogen and oxygen atoms in total. The molecule has 0 N–H and O–H groups in total. The highest BCUT2D eigenvalue weighted by molar-refractivity contribution is 5.53. The van der Waals surface area contributed by atoms with Crippen LogP contribution in [0.2, 0.25) is 0 Å². The normalized spacial score (nSPS) is 10.9. The molecule has 18 heavy (non-hydrogen) atoms. The number of ether oxygens (including phenoxy) is 3. The van der Waals surface area contributed by atoms with Crippen LogP contribution in [-0.4, -0.2) is 39.3 Å². The van der Waals surface area contributed by atoms with Crippen LogP contribution < -0.4 is 14.2 Å². The van der Waals surface area contributed by atoms with Gasteiger partial charge in [-0.2, -0.15) is 0 Å². The fourth-order valence-corrected chi connectivity index (χ4v) is 1.70. The summed E-state index contributed by atoms with van der Waals surface area (Å²) in [5, 5.41) is 0. The van der Waals surface area contributed by atoms with Crippen molar-refractivity contribution < 1.29 is 14.2 Å². The van der Waals surface area contributed by atoms with Crippen molar-refractivity contribution in [3.05, 3.63) is 17.7 Å². The van der Waals surface area contributed by atoms with Crippen LogP contribution >= 0.6 is 0 Å². The van der Waals surface area contributed by atoms with Gasteiger partial charge in [-0.25, -0.2) is 0 Å². The van der Waals surface area contributed by atoms with E-state index in [9.17, 15) is 0 Å². The van der Waals surface area contributed by atoms with Gasteiger partial charge in [-0.05, 0) is 38.6 Å². The van der Waals surface area contributed by atoms with E-state index >= 15 is 0 Å². The molecule has 0 spiro atoms. The summed E-state index contributed by atoms with van der Waals surface area (Å²) in [4.78, 5) is 2.25. The molecule has 0 aliphatic rings. The minimum Gasteiger partial charge on any atom is -0.493 e. The topological polar surface area (TPSA) is 30.9 Å². The van der Waals surface area contributed by atoms with Gasteiger partial charge in [0.15, 0.2) is 11.5 Å². The van der Waals surface area contributed by atoms with E-state index in [0.717, 1.165) is 12.1 Å². The van der Waals surface area contributed by atoms with Gasteiger partial charge in [-0.1, -0.05) is 0 Å². The molecule has 102 valence electrons. The monoisotopic (exact) mass is 253 g/mol. The van der Waals surface area contributed by atoms with Crippen molar-refractivity contribution in [3.8, 4) is 17.2 Å². The maximum Gasteiger partial charge on any atom is 0.203 e. The lowest BCUT2D eigenvalue weighted by molar-refractivity contribution is 0.264. The molecule has 0 heterocycles. The molecule has 0 unspecified atom stereocenters. The summed E-state index contributed by atoms with van der Waals surface area (Å²) in [6.07, 6.45) is 0. The molecule has 0 saturated carbocycles. The van der Waals surface area contributed by atoms with Crippen LogP contribution in [0, 0.1) is 0 Å². The maximum absolute atomic E-state index is 5.34. The minimum atomic E-state index is 0.490. The molecule has 0 radical (unpaired) electrons. The van der Waals surface area contributed by atoms with Gasteiger partial charge in [-0.15, -0.1) is 0 Å². The Hall–Kier alpha value is -1.42. The molecular weight excluding hydrogens is 230 g/mol. The summed E-state index contributed by atoms with van der Waals surface area (Å²) >= 11 is 0. The smallest absolute Gasteiger partial charge is 0.203 e. The van der Waals surface area contributed by atoms with E-state index in [1.165, 1.54) is 0 Å². The second-order valence-electron chi connectivity index (χ2n) is 4.54. The lowest BCUT2D eigenvalue weighted by Crippen LogP contribution is -2.25. The van der Waals surface area contributed by atoms with Crippen LogP contribution in [0.4, 0.5) is 0 Å². The second kappa shape index (κ2) is 6.50. The van der Waals surface area contributed by atoms with E-state index < -0.39 is 0 Å². The molecule has 1 rings (SSSR count). The predicted molar refractivity (Wildman–Crippen MR) is 72.7 cm³/mol. The molecule has 0 atom stereocenters. The fourth-order valence-electron chi connectivity index (χ4n) is 1.70. The quantitative estimate of drug-likeness (QED) is 0.779. The van der Waals surface area contributed by atoms with Gasteiger partial charge >= 0.3 is 0 Å². The Morgan fingerprint density at radius 1 is 1.00 bits per heavy atom. The van der Waals surface area contributed by atoms with Gasteiger partial charge in [0.1, 0.15) is 0 Å². The second-order valence-corrected chi connectivity index (χ2v) is 4.54. The average Bonchev–Trinajstić information content (AvgIpc) is 2.37. The maximum atomic E-state index is 5.34. The third-order valence-corrected chi connectivity index (χ3v) is 3.04. The summed E-state index contributed by atoms with van der Waals surface area (Å²) in [5.41, 5.74) is 1.14. The highest BCUT2D eigenvalue weighted by Gasteiger charge is 2.14. The molecule has 1 aromatic rings. The molecule has 0 aliphatic carbocycles. The summed E-state index contributed by atoms with van der Waals surface area (Å²) in [6, 6.07) is 4.46. The number of hydrogen-bond acceptors (Lipinski definition) is 4. The zero-order chi connectivity index (χ0) is 13.7. The van der Waals surface area contributed by atoms with E-state index in [1.54, 1.807) is 21.3 Å². The van der Waals surface area contributed by atoms with Gasteiger partial charge < -0.3 is 14.2 Å². The van der Waals surface area contributed by atoms with E-state index in [2.05, 4.69) is 25.8 Å². The number of benzene rings is 1. The first-order valence-corrected chi connectivity index (χ1v) is 6.02. The van der Waals surface area contributed by atoms with Crippen LogP contribution in [-0.2, 0) is 6.54 Å². The molecule has 4 heteroatoms. The third-order valence-electron chi connectivity index (χ3n) is 3.04. The van der Waals surface area contributed by atoms with Gasteiger partial charge in [0.05, 0.1) is 21.3 Å². The van der Waals surface area contributed by atoms with Gasteiger partial charge in [0.25, 0.3) is 0 Å². The molecule has 0 amide bonds. The summed E-state index contributed by atoms with van der Waals surface area (Å²) in [7, 11) is 6.97. The highest BCUT2D eigenvalue weighted by Crippen LogP contribution is 2.38. The first-order chi connectivity index (χ1) is 8.53. The number of hydrogen-bond donors (Lipinski definition) is 0. The van der Waals surface area contributed by atoms with Gasteiger partial charge in [-0.3, -0.25) is 4.90 Å². The Balaban J connectivity index is 3.07. The zero-order valence-electron chi connectivity index (χ0n) is 12.1. The van der Waals surface area contributed by atoms with Crippen LogP contribution in [0.15, 0.2) is 12.1 Å². The Morgan fingerprint density at radius 2 is 1.50 bits per heavy atom. The highest BCUT2D eigenvalue weighted by atomic mass is 16.5. The van der Waals surface area contributed by atoms with Crippen LogP contribution in [0.3, 0.4) is 0 Å². The molecule has 0 saturated heterocycles. The predicted octanol–water partition coefficient (Wildman–Crippen LogP) is 2.55. The van der Waals surface area contributed by atoms with E-state index in [-0.39, 0.29) is 0 Å². The molecule has 1 aromatic carbocycles. The first-order valence-electron chi connectivity index (χ1n) is 6.02. The van der Waals surface area contributed by atoms with Gasteiger partial charge in [0, 0.05) is 12.6 Å². The SMILES string of the molecule is COc1cc(CN(C)C(C)C)cc(OC)c1OC. The standard InChI is InChI=1S/C14H23NO3/c1-10(2)15(3)9-11-7-12(16-4)14(18-6)13(8-11)17-5/h7-8,10H,9H2,1-6H3. The van der Waals surface area contributed by atoms with Crippen molar-refractivity contribution in [2.75, 3.05) is 28.4 Å². The Kier molecular flexibility index (Phi) is 5.28. The van der Waals surface area contributed by atoms with E-state index in [4.69, 9.17) is 14.2 Å². The summed E-state index contributed by atoms with van der Waals surface area (Å²) in [5.74, 6) is 2.03. The minimum absolute atomic E-state index is 0.490. The molecular formula is C14H23NO3. The van der Waals surface area contributed by atoms with Crippen molar-refractivity contribution in [2.24, 2.45) is 0 Å². The molecule has 0 aliphatic heterocycles. The van der Waals surface area contributed by atoms with Gasteiger partial charge in [0.2, 0.25) is 5.75 Å². The third kappa shape index (κ3) is 3.29. The zero-order valence-corrected chi connectivity index (χ0v) is 12.1. The first kappa shape index (κ1) is 14.6. The summed E-state index contributed by atoms with van der Waals surface area (Å²) in [6.45, 7) is 5.17. The van der Waals surface area contributed by atoms with Crippen LogP contribution in [0.25, 0.3) is 0 Å². The number of rotatable bonds is 6. The molecule has 0 aromatic heterocycles. The van der Waals surface area contributed by atoms with Crippen molar-refractivity contribution in [1.29, 1.82) is 0 Å². The van der Waals surface area contributed by atoms with Crippen LogP contribution in [0.5, 0.6) is 17.2 Å². The lowest BCUT2D eigenvalue weighted by Gasteiger charge is -2.22. The van der Waals surface area contributed by atoms with E-state index in [0.29, 0.717) is 23.3 Å². The Labute approximate surface area is 109 Å².